The van der Waals surface area contributed by atoms with Gasteiger partial charge in [0.25, 0.3) is 0 Å². The Bertz CT molecular complexity index is 552. The van der Waals surface area contributed by atoms with E-state index in [0.717, 1.165) is 12.1 Å². The van der Waals surface area contributed by atoms with E-state index in [4.69, 9.17) is 0 Å². The summed E-state index contributed by atoms with van der Waals surface area (Å²) in [6, 6.07) is 1.97. The van der Waals surface area contributed by atoms with Gasteiger partial charge in [-0.3, -0.25) is 4.21 Å². The summed E-state index contributed by atoms with van der Waals surface area (Å²) >= 11 is 0. The minimum Gasteiger partial charge on any atom is -0.335 e. The number of hydrogen-bond donors (Lipinski definition) is 2. The van der Waals surface area contributed by atoms with Crippen LogP contribution >= 0.6 is 0 Å². The molecule has 0 bridgehead atoms. The highest BCUT2D eigenvalue weighted by Gasteiger charge is 2.22. The van der Waals surface area contributed by atoms with Crippen molar-refractivity contribution in [1.29, 1.82) is 0 Å². The Morgan fingerprint density at radius 2 is 1.86 bits per heavy atom. The average Bonchev–Trinajstić information content (AvgIpc) is 2.35. The number of carbonyl (C=O) groups is 1. The van der Waals surface area contributed by atoms with E-state index in [-0.39, 0.29) is 17.5 Å². The number of carbonyl (C=O) groups excluding carboxylic acids is 1. The van der Waals surface area contributed by atoms with Crippen molar-refractivity contribution in [3.8, 4) is 0 Å². The van der Waals surface area contributed by atoms with Crippen LogP contribution in [0.15, 0.2) is 18.2 Å². The molecule has 0 spiro atoms. The Hall–Kier alpha value is -1.50. The fraction of sp³-hybridized carbons (Fsp3) is 0.533. The van der Waals surface area contributed by atoms with Crippen molar-refractivity contribution in [2.24, 2.45) is 5.92 Å². The van der Waals surface area contributed by atoms with E-state index in [2.05, 4.69) is 10.6 Å². The number of halogens is 2. The molecule has 0 aliphatic heterocycles. The summed E-state index contributed by atoms with van der Waals surface area (Å²) in [5.41, 5.74) is 0.235. The van der Waals surface area contributed by atoms with E-state index in [1.54, 1.807) is 13.2 Å². The predicted octanol–water partition coefficient (Wildman–Crippen LogP) is 2.73. The second-order valence-corrected chi connectivity index (χ2v) is 7.13. The Morgan fingerprint density at radius 1 is 1.23 bits per heavy atom. The zero-order valence-corrected chi connectivity index (χ0v) is 14.0. The molecule has 4 nitrogen and oxygen atoms in total. The van der Waals surface area contributed by atoms with E-state index in [1.165, 1.54) is 6.07 Å². The number of hydrogen-bond acceptors (Lipinski definition) is 2. The minimum atomic E-state index is -1.02. The van der Waals surface area contributed by atoms with Gasteiger partial charge in [0.2, 0.25) is 0 Å². The molecule has 0 heterocycles. The van der Waals surface area contributed by atoms with Crippen LogP contribution in [0.4, 0.5) is 13.6 Å². The molecular weight excluding hydrogens is 310 g/mol. The molecule has 2 N–H and O–H groups in total. The van der Waals surface area contributed by atoms with Crippen LogP contribution in [0.25, 0.3) is 0 Å². The van der Waals surface area contributed by atoms with Gasteiger partial charge in [-0.2, -0.15) is 0 Å². The molecule has 22 heavy (non-hydrogen) atoms. The molecule has 1 rings (SSSR count). The second kappa shape index (κ2) is 8.22. The molecule has 2 amide bonds. The van der Waals surface area contributed by atoms with E-state index in [1.807, 2.05) is 13.8 Å². The molecule has 124 valence electrons. The molecule has 1 aromatic carbocycles. The number of nitrogens with one attached hydrogen (secondary N) is 2. The molecule has 0 aliphatic rings. The van der Waals surface area contributed by atoms with Gasteiger partial charge in [-0.15, -0.1) is 0 Å². The summed E-state index contributed by atoms with van der Waals surface area (Å²) in [5.74, 6) is -1.10. The van der Waals surface area contributed by atoms with Crippen LogP contribution in [0, 0.1) is 17.6 Å². The SMILES string of the molecule is CC(C)[C@@H](NC(=O)N[C@H](C)C[S@@](C)=O)c1ccc(F)cc1F. The average molecular weight is 332 g/mol. The Labute approximate surface area is 132 Å². The van der Waals surface area contributed by atoms with Gasteiger partial charge in [-0.25, -0.2) is 13.6 Å². The van der Waals surface area contributed by atoms with Gasteiger partial charge in [0.15, 0.2) is 0 Å². The van der Waals surface area contributed by atoms with Crippen molar-refractivity contribution in [2.45, 2.75) is 32.9 Å². The largest absolute Gasteiger partial charge is 0.335 e. The summed E-state index contributed by atoms with van der Waals surface area (Å²) in [7, 11) is -1.02. The van der Waals surface area contributed by atoms with E-state index < -0.39 is 34.5 Å². The van der Waals surface area contributed by atoms with Crippen LogP contribution in [0.1, 0.15) is 32.4 Å². The number of benzene rings is 1. The first kappa shape index (κ1) is 18.5. The molecule has 0 aliphatic carbocycles. The first-order valence-corrected chi connectivity index (χ1v) is 8.75. The summed E-state index contributed by atoms with van der Waals surface area (Å²) in [5, 5.41) is 5.34. The number of rotatable bonds is 6. The zero-order chi connectivity index (χ0) is 16.9. The third-order valence-corrected chi connectivity index (χ3v) is 4.08. The molecule has 0 unspecified atom stereocenters. The lowest BCUT2D eigenvalue weighted by Crippen LogP contribution is -2.45. The van der Waals surface area contributed by atoms with Crippen LogP contribution in [0.3, 0.4) is 0 Å². The third kappa shape index (κ3) is 5.71. The lowest BCUT2D eigenvalue weighted by Gasteiger charge is -2.24. The maximum atomic E-state index is 13.9. The lowest BCUT2D eigenvalue weighted by molar-refractivity contribution is 0.230. The normalized spacial score (nSPS) is 15.2. The van der Waals surface area contributed by atoms with Crippen molar-refractivity contribution in [3.05, 3.63) is 35.4 Å². The van der Waals surface area contributed by atoms with Gasteiger partial charge < -0.3 is 10.6 Å². The van der Waals surface area contributed by atoms with Gasteiger partial charge in [0, 0.05) is 40.5 Å². The molecule has 0 saturated carbocycles. The molecule has 0 radical (unpaired) electrons. The fourth-order valence-electron chi connectivity index (χ4n) is 2.16. The van der Waals surface area contributed by atoms with Gasteiger partial charge in [0.1, 0.15) is 11.6 Å². The van der Waals surface area contributed by atoms with Crippen LogP contribution in [-0.4, -0.2) is 28.3 Å². The molecule has 1 aromatic rings. The monoisotopic (exact) mass is 332 g/mol. The fourth-order valence-corrected chi connectivity index (χ4v) is 2.95. The highest BCUT2D eigenvalue weighted by Crippen LogP contribution is 2.24. The van der Waals surface area contributed by atoms with E-state index in [0.29, 0.717) is 5.75 Å². The Kier molecular flexibility index (Phi) is 6.93. The molecular formula is C15H22F2N2O2S. The van der Waals surface area contributed by atoms with Crippen LogP contribution in [0.5, 0.6) is 0 Å². The quantitative estimate of drug-likeness (QED) is 0.841. The first-order valence-electron chi connectivity index (χ1n) is 7.02. The number of urea groups is 1. The van der Waals surface area contributed by atoms with Crippen molar-refractivity contribution in [1.82, 2.24) is 10.6 Å². The van der Waals surface area contributed by atoms with Gasteiger partial charge in [0.05, 0.1) is 6.04 Å². The molecule has 7 heteroatoms. The smallest absolute Gasteiger partial charge is 0.315 e. The van der Waals surface area contributed by atoms with Crippen molar-refractivity contribution >= 4 is 16.8 Å². The molecule has 3 atom stereocenters. The van der Waals surface area contributed by atoms with Gasteiger partial charge in [-0.1, -0.05) is 19.9 Å². The lowest BCUT2D eigenvalue weighted by atomic mass is 9.95. The van der Waals surface area contributed by atoms with Crippen LogP contribution < -0.4 is 10.6 Å². The van der Waals surface area contributed by atoms with E-state index in [9.17, 15) is 17.8 Å². The Balaban J connectivity index is 2.80. The van der Waals surface area contributed by atoms with Crippen LogP contribution in [-0.2, 0) is 10.8 Å². The summed E-state index contributed by atoms with van der Waals surface area (Å²) in [6.45, 7) is 5.40. The van der Waals surface area contributed by atoms with Crippen LogP contribution in [0.2, 0.25) is 0 Å². The molecule has 0 aromatic heterocycles. The maximum Gasteiger partial charge on any atom is 0.315 e. The third-order valence-electron chi connectivity index (χ3n) is 3.11. The standard InChI is InChI=1S/C15H22F2N2O2S/c1-9(2)14(12-6-5-11(16)7-13(12)17)19-15(20)18-10(3)8-22(4)21/h5-7,9-10,14H,8H2,1-4H3,(H2,18,19,20)/t10-,14-,22-/m1/s1. The number of amides is 2. The summed E-state index contributed by atoms with van der Waals surface area (Å²) < 4.78 is 38.0. The van der Waals surface area contributed by atoms with Gasteiger partial charge in [-0.05, 0) is 18.9 Å². The summed E-state index contributed by atoms with van der Waals surface area (Å²) in [6.07, 6.45) is 1.56. The minimum absolute atomic E-state index is 0.0821. The zero-order valence-electron chi connectivity index (χ0n) is 13.2. The summed E-state index contributed by atoms with van der Waals surface area (Å²) in [4.78, 5) is 12.0. The highest BCUT2D eigenvalue weighted by atomic mass is 32.2. The first-order chi connectivity index (χ1) is 10.2. The Morgan fingerprint density at radius 3 is 2.36 bits per heavy atom. The maximum absolute atomic E-state index is 13.9. The second-order valence-electron chi connectivity index (χ2n) is 5.65. The van der Waals surface area contributed by atoms with E-state index >= 15 is 0 Å². The van der Waals surface area contributed by atoms with Gasteiger partial charge >= 0.3 is 6.03 Å². The molecule has 0 fully saturated rings. The highest BCUT2D eigenvalue weighted by molar-refractivity contribution is 7.84. The topological polar surface area (TPSA) is 58.2 Å². The molecule has 0 saturated heterocycles. The van der Waals surface area contributed by atoms with Crippen molar-refractivity contribution in [2.75, 3.05) is 12.0 Å². The van der Waals surface area contributed by atoms with Crippen molar-refractivity contribution < 1.29 is 17.8 Å². The predicted molar refractivity (Wildman–Crippen MR) is 84.0 cm³/mol. The van der Waals surface area contributed by atoms with Crippen molar-refractivity contribution in [3.63, 3.8) is 0 Å².